The van der Waals surface area contributed by atoms with Crippen LogP contribution >= 0.6 is 11.6 Å². The lowest BCUT2D eigenvalue weighted by Crippen LogP contribution is -2.29. The number of anilines is 2. The van der Waals surface area contributed by atoms with Crippen molar-refractivity contribution < 1.29 is 13.2 Å². The highest BCUT2D eigenvalue weighted by molar-refractivity contribution is 7.92. The molecule has 23 heavy (non-hydrogen) atoms. The summed E-state index contributed by atoms with van der Waals surface area (Å²) in [6.45, 7) is 0.395. The maximum atomic E-state index is 13.0. The Morgan fingerprint density at radius 2 is 1.91 bits per heavy atom. The molecule has 0 aromatic heterocycles. The Morgan fingerprint density at radius 3 is 2.74 bits per heavy atom. The van der Waals surface area contributed by atoms with Crippen molar-refractivity contribution in [3.8, 4) is 0 Å². The van der Waals surface area contributed by atoms with E-state index < -0.39 is 10.0 Å². The molecule has 5 nitrogen and oxygen atoms in total. The predicted octanol–water partition coefficient (Wildman–Crippen LogP) is 2.59. The zero-order chi connectivity index (χ0) is 16.2. The molecule has 2 heterocycles. The molecule has 4 rings (SSSR count). The van der Waals surface area contributed by atoms with Crippen LogP contribution in [0.3, 0.4) is 0 Å². The number of halogens is 1. The summed E-state index contributed by atoms with van der Waals surface area (Å²) >= 11 is 5.97. The summed E-state index contributed by atoms with van der Waals surface area (Å²) in [6.07, 6.45) is 0.852. The summed E-state index contributed by atoms with van der Waals surface area (Å²) in [7, 11) is -3.65. The highest BCUT2D eigenvalue weighted by Crippen LogP contribution is 2.35. The maximum Gasteiger partial charge on any atom is 0.264 e. The molecule has 7 heteroatoms. The molecule has 0 saturated heterocycles. The summed E-state index contributed by atoms with van der Waals surface area (Å²) in [4.78, 5) is 11.6. The Bertz CT molecular complexity index is 940. The third-order valence-corrected chi connectivity index (χ3v) is 6.23. The van der Waals surface area contributed by atoms with Crippen LogP contribution in [0.4, 0.5) is 11.4 Å². The lowest BCUT2D eigenvalue weighted by molar-refractivity contribution is -0.115. The van der Waals surface area contributed by atoms with E-state index >= 15 is 0 Å². The molecule has 0 spiro atoms. The lowest BCUT2D eigenvalue weighted by atomic mass is 10.2. The number of sulfonamides is 1. The van der Waals surface area contributed by atoms with Gasteiger partial charge in [0, 0.05) is 17.3 Å². The van der Waals surface area contributed by atoms with Gasteiger partial charge in [-0.05, 0) is 53.9 Å². The highest BCUT2D eigenvalue weighted by Gasteiger charge is 2.32. The number of carbonyl (C=O) groups is 1. The number of carbonyl (C=O) groups excluding carboxylic acids is 1. The van der Waals surface area contributed by atoms with Gasteiger partial charge in [-0.25, -0.2) is 8.42 Å². The standard InChI is InChI=1S/C16H13ClN2O3S/c17-12-1-4-15-10(7-12)5-6-19(15)23(21,22)13-2-3-14-11(8-13)9-16(20)18-14/h1-4,7-8H,5-6,9H2,(H,18,20). The van der Waals surface area contributed by atoms with Gasteiger partial charge in [0.2, 0.25) is 5.91 Å². The van der Waals surface area contributed by atoms with Crippen molar-refractivity contribution in [3.05, 3.63) is 52.5 Å². The first-order valence-corrected chi connectivity index (χ1v) is 9.01. The predicted molar refractivity (Wildman–Crippen MR) is 88.5 cm³/mol. The topological polar surface area (TPSA) is 66.5 Å². The van der Waals surface area contributed by atoms with Crippen LogP contribution in [0.5, 0.6) is 0 Å². The number of fused-ring (bicyclic) bond motifs is 2. The minimum absolute atomic E-state index is 0.115. The van der Waals surface area contributed by atoms with E-state index in [1.54, 1.807) is 30.3 Å². The Labute approximate surface area is 138 Å². The van der Waals surface area contributed by atoms with Crippen molar-refractivity contribution in [1.29, 1.82) is 0 Å². The van der Waals surface area contributed by atoms with E-state index in [0.717, 1.165) is 5.56 Å². The van der Waals surface area contributed by atoms with Gasteiger partial charge >= 0.3 is 0 Å². The van der Waals surface area contributed by atoms with E-state index in [4.69, 9.17) is 11.6 Å². The fourth-order valence-corrected chi connectivity index (χ4v) is 4.83. The molecule has 0 fully saturated rings. The van der Waals surface area contributed by atoms with E-state index in [1.807, 2.05) is 0 Å². The molecule has 0 aliphatic carbocycles. The van der Waals surface area contributed by atoms with Crippen molar-refractivity contribution in [2.75, 3.05) is 16.2 Å². The SMILES string of the molecule is O=C1Cc2cc(S(=O)(=O)N3CCc4cc(Cl)ccc43)ccc2N1. The van der Waals surface area contributed by atoms with Crippen LogP contribution < -0.4 is 9.62 Å². The second-order valence-corrected chi connectivity index (χ2v) is 7.94. The van der Waals surface area contributed by atoms with Crippen LogP contribution in [0.1, 0.15) is 11.1 Å². The van der Waals surface area contributed by atoms with Gasteiger partial charge in [-0.15, -0.1) is 0 Å². The van der Waals surface area contributed by atoms with Crippen LogP contribution in [0, 0.1) is 0 Å². The zero-order valence-corrected chi connectivity index (χ0v) is 13.6. The quantitative estimate of drug-likeness (QED) is 0.907. The number of nitrogens with zero attached hydrogens (tertiary/aromatic N) is 1. The van der Waals surface area contributed by atoms with Gasteiger partial charge < -0.3 is 5.32 Å². The fourth-order valence-electron chi connectivity index (χ4n) is 3.08. The minimum Gasteiger partial charge on any atom is -0.326 e. The van der Waals surface area contributed by atoms with Crippen LogP contribution in [0.25, 0.3) is 0 Å². The molecule has 2 aromatic carbocycles. The third kappa shape index (κ3) is 2.29. The molecule has 0 radical (unpaired) electrons. The Kier molecular flexibility index (Phi) is 3.14. The van der Waals surface area contributed by atoms with Gasteiger partial charge in [-0.2, -0.15) is 0 Å². The smallest absolute Gasteiger partial charge is 0.264 e. The zero-order valence-electron chi connectivity index (χ0n) is 12.0. The van der Waals surface area contributed by atoms with Gasteiger partial charge in [-0.1, -0.05) is 11.6 Å². The van der Waals surface area contributed by atoms with Crippen molar-refractivity contribution >= 4 is 38.9 Å². The molecule has 2 aromatic rings. The summed E-state index contributed by atoms with van der Waals surface area (Å²) in [5.74, 6) is -0.115. The molecule has 1 amide bonds. The maximum absolute atomic E-state index is 13.0. The van der Waals surface area contributed by atoms with Crippen molar-refractivity contribution in [3.63, 3.8) is 0 Å². The fraction of sp³-hybridized carbons (Fsp3) is 0.188. The van der Waals surface area contributed by atoms with Crippen molar-refractivity contribution in [2.45, 2.75) is 17.7 Å². The third-order valence-electron chi connectivity index (χ3n) is 4.18. The van der Waals surface area contributed by atoms with Gasteiger partial charge in [0.15, 0.2) is 0 Å². The van der Waals surface area contributed by atoms with Gasteiger partial charge in [0.1, 0.15) is 0 Å². The van der Waals surface area contributed by atoms with E-state index in [0.29, 0.717) is 34.9 Å². The van der Waals surface area contributed by atoms with Gasteiger partial charge in [0.25, 0.3) is 10.0 Å². The molecule has 0 unspecified atom stereocenters. The largest absolute Gasteiger partial charge is 0.326 e. The minimum atomic E-state index is -3.65. The second-order valence-electron chi connectivity index (χ2n) is 5.64. The average molecular weight is 349 g/mol. The molecule has 0 saturated carbocycles. The first kappa shape index (κ1) is 14.5. The molecular weight excluding hydrogens is 336 g/mol. The van der Waals surface area contributed by atoms with Crippen LogP contribution in [0.15, 0.2) is 41.3 Å². The number of nitrogens with one attached hydrogen (secondary N) is 1. The summed E-state index contributed by atoms with van der Waals surface area (Å²) in [5.41, 5.74) is 3.00. The molecule has 118 valence electrons. The molecular formula is C16H13ClN2O3S. The molecule has 2 aliphatic heterocycles. The average Bonchev–Trinajstić information content (AvgIpc) is 3.08. The number of hydrogen-bond donors (Lipinski definition) is 1. The summed E-state index contributed by atoms with van der Waals surface area (Å²) in [6, 6.07) is 9.99. The van der Waals surface area contributed by atoms with Crippen molar-refractivity contribution in [1.82, 2.24) is 0 Å². The van der Waals surface area contributed by atoms with Gasteiger partial charge in [-0.3, -0.25) is 9.10 Å². The highest BCUT2D eigenvalue weighted by atomic mass is 35.5. The summed E-state index contributed by atoms with van der Waals surface area (Å²) in [5, 5.41) is 3.31. The van der Waals surface area contributed by atoms with Crippen molar-refractivity contribution in [2.24, 2.45) is 0 Å². The van der Waals surface area contributed by atoms with E-state index in [2.05, 4.69) is 5.32 Å². The Balaban J connectivity index is 1.76. The van der Waals surface area contributed by atoms with E-state index in [1.165, 1.54) is 10.4 Å². The Hall–Kier alpha value is -2.05. The lowest BCUT2D eigenvalue weighted by Gasteiger charge is -2.20. The van der Waals surface area contributed by atoms with Crippen LogP contribution in [-0.4, -0.2) is 20.9 Å². The number of rotatable bonds is 2. The van der Waals surface area contributed by atoms with E-state index in [-0.39, 0.29) is 17.2 Å². The molecule has 1 N–H and O–H groups in total. The van der Waals surface area contributed by atoms with Gasteiger partial charge in [0.05, 0.1) is 17.0 Å². The van der Waals surface area contributed by atoms with Crippen LogP contribution in [0.2, 0.25) is 5.02 Å². The molecule has 0 bridgehead atoms. The summed E-state index contributed by atoms with van der Waals surface area (Å²) < 4.78 is 27.3. The monoisotopic (exact) mass is 348 g/mol. The molecule has 0 atom stereocenters. The first-order chi connectivity index (χ1) is 10.9. The number of hydrogen-bond acceptors (Lipinski definition) is 3. The normalized spacial score (nSPS) is 16.2. The molecule has 2 aliphatic rings. The second kappa shape index (κ2) is 4.97. The van der Waals surface area contributed by atoms with Crippen LogP contribution in [-0.2, 0) is 27.7 Å². The Morgan fingerprint density at radius 1 is 1.09 bits per heavy atom. The number of benzene rings is 2. The van der Waals surface area contributed by atoms with E-state index in [9.17, 15) is 13.2 Å². The first-order valence-electron chi connectivity index (χ1n) is 7.19. The number of amides is 1.